The highest BCUT2D eigenvalue weighted by Gasteiger charge is 2.29. The maximum Gasteiger partial charge on any atom is 0.309 e. The van der Waals surface area contributed by atoms with E-state index in [1.165, 1.54) is 17.4 Å². The van der Waals surface area contributed by atoms with Gasteiger partial charge in [0.1, 0.15) is 5.69 Å². The quantitative estimate of drug-likeness (QED) is 0.334. The fourth-order valence-corrected chi connectivity index (χ4v) is 3.66. The molecule has 0 amide bonds. The molecule has 1 aliphatic heterocycles. The number of Topliss-reactive ketones (excluding diaryl/α,β-unsaturated/α-hetero) is 1. The summed E-state index contributed by atoms with van der Waals surface area (Å²) in [5.41, 5.74) is 0.632. The zero-order valence-corrected chi connectivity index (χ0v) is 14.8. The number of anilines is 1. The van der Waals surface area contributed by atoms with Gasteiger partial charge in [0.25, 0.3) is 5.69 Å². The summed E-state index contributed by atoms with van der Waals surface area (Å²) in [6.07, 6.45) is 1.08. The lowest BCUT2D eigenvalue weighted by molar-refractivity contribution is -0.384. The number of carbonyl (C=O) groups is 2. The number of nitro groups is 1. The number of rotatable bonds is 6. The number of thiophene rings is 1. The third-order valence-electron chi connectivity index (χ3n) is 4.39. The van der Waals surface area contributed by atoms with E-state index in [4.69, 9.17) is 4.74 Å². The second-order valence-corrected chi connectivity index (χ2v) is 6.96. The Bertz CT molecular complexity index is 798. The molecule has 1 aromatic heterocycles. The third-order valence-corrected chi connectivity index (χ3v) is 5.30. The summed E-state index contributed by atoms with van der Waals surface area (Å²) in [5, 5.41) is 13.0. The Hall–Kier alpha value is -2.74. The fraction of sp³-hybridized carbons (Fsp3) is 0.333. The summed E-state index contributed by atoms with van der Waals surface area (Å²) in [6, 6.07) is 10.1. The second kappa shape index (κ2) is 8.09. The van der Waals surface area contributed by atoms with Crippen LogP contribution < -0.4 is 4.90 Å². The molecular formula is C18H18N2O5S. The maximum atomic E-state index is 12.2. The first kappa shape index (κ1) is 18.1. The number of esters is 1. The van der Waals surface area contributed by atoms with Crippen molar-refractivity contribution >= 4 is 34.5 Å². The number of nitro benzene ring substituents is 1. The van der Waals surface area contributed by atoms with Crippen molar-refractivity contribution < 1.29 is 19.2 Å². The molecule has 26 heavy (non-hydrogen) atoms. The molecule has 3 rings (SSSR count). The molecule has 1 fully saturated rings. The number of ketones is 1. The van der Waals surface area contributed by atoms with Crippen LogP contribution in [0.5, 0.6) is 0 Å². The summed E-state index contributed by atoms with van der Waals surface area (Å²) >= 11 is 1.32. The molecule has 1 saturated heterocycles. The van der Waals surface area contributed by atoms with E-state index in [0.29, 0.717) is 36.5 Å². The predicted molar refractivity (Wildman–Crippen MR) is 97.6 cm³/mol. The highest BCUT2D eigenvalue weighted by atomic mass is 32.1. The molecule has 1 aromatic carbocycles. The molecule has 0 unspecified atom stereocenters. The predicted octanol–water partition coefficient (Wildman–Crippen LogP) is 3.30. The van der Waals surface area contributed by atoms with Crippen molar-refractivity contribution in [2.45, 2.75) is 12.8 Å². The summed E-state index contributed by atoms with van der Waals surface area (Å²) < 4.78 is 5.16. The SMILES string of the molecule is O=C(COC(=O)C1CCN(c2ccccc2[N+](=O)[O-])CC1)c1cccs1. The van der Waals surface area contributed by atoms with Gasteiger partial charge in [-0.15, -0.1) is 11.3 Å². The molecule has 8 heteroatoms. The number of carbonyl (C=O) groups excluding carboxylic acids is 2. The molecule has 0 atom stereocenters. The smallest absolute Gasteiger partial charge is 0.309 e. The number of ether oxygens (including phenoxy) is 1. The Morgan fingerprint density at radius 2 is 1.92 bits per heavy atom. The van der Waals surface area contributed by atoms with Crippen molar-refractivity contribution in [1.29, 1.82) is 0 Å². The van der Waals surface area contributed by atoms with Gasteiger partial charge in [0.2, 0.25) is 5.78 Å². The number of para-hydroxylation sites is 2. The van der Waals surface area contributed by atoms with Crippen molar-refractivity contribution in [3.63, 3.8) is 0 Å². The van der Waals surface area contributed by atoms with Crippen LogP contribution in [0.25, 0.3) is 0 Å². The summed E-state index contributed by atoms with van der Waals surface area (Å²) in [6.45, 7) is 0.816. The second-order valence-electron chi connectivity index (χ2n) is 6.02. The Kier molecular flexibility index (Phi) is 5.62. The van der Waals surface area contributed by atoms with Crippen LogP contribution in [0, 0.1) is 16.0 Å². The minimum Gasteiger partial charge on any atom is -0.457 e. The van der Waals surface area contributed by atoms with E-state index in [-0.39, 0.29) is 30.0 Å². The summed E-state index contributed by atoms with van der Waals surface area (Å²) in [5.74, 6) is -0.868. The molecule has 0 saturated carbocycles. The largest absolute Gasteiger partial charge is 0.457 e. The van der Waals surface area contributed by atoms with E-state index >= 15 is 0 Å². The van der Waals surface area contributed by atoms with Gasteiger partial charge in [0, 0.05) is 19.2 Å². The van der Waals surface area contributed by atoms with Crippen LogP contribution in [-0.4, -0.2) is 36.4 Å². The number of piperidine rings is 1. The lowest BCUT2D eigenvalue weighted by Gasteiger charge is -2.32. The summed E-state index contributed by atoms with van der Waals surface area (Å²) in [7, 11) is 0. The van der Waals surface area contributed by atoms with E-state index in [2.05, 4.69) is 0 Å². The number of hydrogen-bond acceptors (Lipinski definition) is 7. The Labute approximate surface area is 154 Å². The monoisotopic (exact) mass is 374 g/mol. The number of benzene rings is 1. The van der Waals surface area contributed by atoms with Crippen LogP contribution >= 0.6 is 11.3 Å². The first-order valence-electron chi connectivity index (χ1n) is 8.28. The molecule has 0 radical (unpaired) electrons. The van der Waals surface area contributed by atoms with Crippen molar-refractivity contribution in [2.24, 2.45) is 5.92 Å². The first-order chi connectivity index (χ1) is 12.6. The van der Waals surface area contributed by atoms with E-state index in [1.807, 2.05) is 4.90 Å². The van der Waals surface area contributed by atoms with Gasteiger partial charge in [-0.25, -0.2) is 0 Å². The maximum absolute atomic E-state index is 12.2. The van der Waals surface area contributed by atoms with Gasteiger partial charge >= 0.3 is 5.97 Å². The molecule has 2 aromatic rings. The van der Waals surface area contributed by atoms with Crippen molar-refractivity contribution in [2.75, 3.05) is 24.6 Å². The van der Waals surface area contributed by atoms with Crippen LogP contribution in [0.1, 0.15) is 22.5 Å². The minimum atomic E-state index is -0.397. The van der Waals surface area contributed by atoms with Crippen LogP contribution in [-0.2, 0) is 9.53 Å². The van der Waals surface area contributed by atoms with Crippen molar-refractivity contribution in [1.82, 2.24) is 0 Å². The van der Waals surface area contributed by atoms with E-state index in [0.717, 1.165) is 0 Å². The molecule has 0 aliphatic carbocycles. The van der Waals surface area contributed by atoms with Crippen molar-refractivity contribution in [3.05, 3.63) is 56.8 Å². The van der Waals surface area contributed by atoms with Crippen LogP contribution in [0.2, 0.25) is 0 Å². The van der Waals surface area contributed by atoms with E-state index in [9.17, 15) is 19.7 Å². The molecule has 2 heterocycles. The highest BCUT2D eigenvalue weighted by molar-refractivity contribution is 7.12. The third kappa shape index (κ3) is 4.08. The zero-order chi connectivity index (χ0) is 18.5. The molecule has 0 bridgehead atoms. The topological polar surface area (TPSA) is 89.8 Å². The Morgan fingerprint density at radius 3 is 2.58 bits per heavy atom. The van der Waals surface area contributed by atoms with Gasteiger partial charge in [-0.2, -0.15) is 0 Å². The van der Waals surface area contributed by atoms with Crippen LogP contribution in [0.3, 0.4) is 0 Å². The molecule has 0 spiro atoms. The van der Waals surface area contributed by atoms with Crippen molar-refractivity contribution in [3.8, 4) is 0 Å². The molecule has 1 aliphatic rings. The van der Waals surface area contributed by atoms with E-state index in [1.54, 1.807) is 35.7 Å². The minimum absolute atomic E-state index is 0.0649. The van der Waals surface area contributed by atoms with Gasteiger partial charge in [0.05, 0.1) is 15.7 Å². The Morgan fingerprint density at radius 1 is 1.19 bits per heavy atom. The lowest BCUT2D eigenvalue weighted by Crippen LogP contribution is -2.37. The van der Waals surface area contributed by atoms with Crippen LogP contribution in [0.4, 0.5) is 11.4 Å². The average Bonchev–Trinajstić information content (AvgIpc) is 3.21. The van der Waals surface area contributed by atoms with Gasteiger partial charge in [-0.3, -0.25) is 19.7 Å². The lowest BCUT2D eigenvalue weighted by atomic mass is 9.96. The van der Waals surface area contributed by atoms with E-state index < -0.39 is 4.92 Å². The van der Waals surface area contributed by atoms with Crippen LogP contribution in [0.15, 0.2) is 41.8 Å². The fourth-order valence-electron chi connectivity index (χ4n) is 3.00. The highest BCUT2D eigenvalue weighted by Crippen LogP contribution is 2.31. The molecular weight excluding hydrogens is 356 g/mol. The standard InChI is InChI=1S/C18H18N2O5S/c21-16(17-6-3-11-26-17)12-25-18(22)13-7-9-19(10-8-13)14-4-1-2-5-15(14)20(23)24/h1-6,11,13H,7-10,12H2. The van der Waals surface area contributed by atoms with Gasteiger partial charge in [-0.1, -0.05) is 18.2 Å². The number of nitrogens with zero attached hydrogens (tertiary/aromatic N) is 2. The Balaban J connectivity index is 1.53. The normalized spacial score (nSPS) is 14.8. The van der Waals surface area contributed by atoms with Gasteiger partial charge < -0.3 is 9.64 Å². The molecule has 7 nitrogen and oxygen atoms in total. The first-order valence-corrected chi connectivity index (χ1v) is 9.16. The molecule has 136 valence electrons. The summed E-state index contributed by atoms with van der Waals surface area (Å²) in [4.78, 5) is 37.3. The zero-order valence-electron chi connectivity index (χ0n) is 14.0. The number of hydrogen-bond donors (Lipinski definition) is 0. The van der Waals surface area contributed by atoms with Gasteiger partial charge in [-0.05, 0) is 30.4 Å². The average molecular weight is 374 g/mol. The molecule has 0 N–H and O–H groups in total. The van der Waals surface area contributed by atoms with Gasteiger partial charge in [0.15, 0.2) is 6.61 Å².